The first-order valence-corrected chi connectivity index (χ1v) is 8.10. The van der Waals surface area contributed by atoms with E-state index in [4.69, 9.17) is 9.84 Å². The van der Waals surface area contributed by atoms with Gasteiger partial charge in [0.15, 0.2) is 0 Å². The summed E-state index contributed by atoms with van der Waals surface area (Å²) in [6, 6.07) is 11.2. The summed E-state index contributed by atoms with van der Waals surface area (Å²) in [7, 11) is 0. The number of carbonyl (C=O) groups excluding carboxylic acids is 2. The van der Waals surface area contributed by atoms with Crippen molar-refractivity contribution in [1.82, 2.24) is 5.32 Å². The summed E-state index contributed by atoms with van der Waals surface area (Å²) in [5.74, 6) is -2.19. The lowest BCUT2D eigenvalue weighted by molar-refractivity contribution is -0.142. The maximum Gasteiger partial charge on any atom is 0.326 e. The molecule has 142 valence electrons. The van der Waals surface area contributed by atoms with Crippen LogP contribution in [0.4, 0.5) is 10.1 Å². The number of carboxylic acid groups (broad SMARTS) is 1. The minimum atomic E-state index is -1.30. The molecule has 0 aromatic heterocycles. The van der Waals surface area contributed by atoms with Crippen molar-refractivity contribution in [2.75, 3.05) is 5.32 Å². The van der Waals surface area contributed by atoms with E-state index in [0.29, 0.717) is 17.0 Å². The molecule has 2 rings (SSSR count). The molecular weight excluding hydrogens is 355 g/mol. The molecule has 0 aliphatic carbocycles. The lowest BCUT2D eigenvalue weighted by Gasteiger charge is -2.13. The van der Waals surface area contributed by atoms with Crippen molar-refractivity contribution in [2.24, 2.45) is 0 Å². The number of aliphatic carboxylic acids is 1. The predicted octanol–water partition coefficient (Wildman–Crippen LogP) is 2.32. The first kappa shape index (κ1) is 19.9. The predicted molar refractivity (Wildman–Crippen MR) is 95.7 cm³/mol. The van der Waals surface area contributed by atoms with Gasteiger partial charge in [-0.25, -0.2) is 9.18 Å². The second-order valence-corrected chi connectivity index (χ2v) is 5.79. The number of amides is 2. The van der Waals surface area contributed by atoms with Crippen LogP contribution >= 0.6 is 0 Å². The van der Waals surface area contributed by atoms with Crippen LogP contribution < -0.4 is 15.4 Å². The lowest BCUT2D eigenvalue weighted by atomic mass is 10.2. The molecule has 7 nitrogen and oxygen atoms in total. The van der Waals surface area contributed by atoms with Crippen molar-refractivity contribution >= 4 is 23.5 Å². The van der Waals surface area contributed by atoms with Gasteiger partial charge in [0, 0.05) is 12.6 Å². The molecule has 0 heterocycles. The van der Waals surface area contributed by atoms with Gasteiger partial charge in [-0.3, -0.25) is 9.59 Å². The molecule has 0 aliphatic rings. The largest absolute Gasteiger partial charge is 0.489 e. The molecule has 0 saturated carbocycles. The normalized spacial score (nSPS) is 11.3. The van der Waals surface area contributed by atoms with E-state index in [9.17, 15) is 18.8 Å². The molecule has 2 aromatic rings. The van der Waals surface area contributed by atoms with Crippen molar-refractivity contribution in [1.29, 1.82) is 0 Å². The number of carboxylic acids is 1. The number of ether oxygens (including phenoxy) is 1. The van der Waals surface area contributed by atoms with Gasteiger partial charge in [-0.15, -0.1) is 0 Å². The average molecular weight is 374 g/mol. The summed E-state index contributed by atoms with van der Waals surface area (Å²) < 4.78 is 18.7. The molecule has 1 atom stereocenters. The van der Waals surface area contributed by atoms with Crippen molar-refractivity contribution < 1.29 is 28.6 Å². The fraction of sp³-hybridized carbons (Fsp3) is 0.211. The first-order valence-electron chi connectivity index (χ1n) is 8.10. The highest BCUT2D eigenvalue weighted by Crippen LogP contribution is 2.17. The van der Waals surface area contributed by atoms with Gasteiger partial charge < -0.3 is 20.5 Å². The molecule has 0 fully saturated rings. The molecule has 3 N–H and O–H groups in total. The molecular formula is C19H19FN2O5. The standard InChI is InChI=1S/C19H19FN2O5/c1-12(23)21-17(19(25)26)10-18(24)22-15-5-7-16(8-6-15)27-11-13-3-2-4-14(20)9-13/h2-9,17H,10-11H2,1H3,(H,21,23)(H,22,24)(H,25,26). The monoisotopic (exact) mass is 374 g/mol. The number of halogens is 1. The van der Waals surface area contributed by atoms with Crippen LogP contribution in [0.2, 0.25) is 0 Å². The second kappa shape index (κ2) is 9.33. The highest BCUT2D eigenvalue weighted by molar-refractivity contribution is 5.95. The van der Waals surface area contributed by atoms with E-state index in [1.165, 1.54) is 19.1 Å². The molecule has 0 saturated heterocycles. The minimum Gasteiger partial charge on any atom is -0.489 e. The Kier molecular flexibility index (Phi) is 6.87. The smallest absolute Gasteiger partial charge is 0.326 e. The third kappa shape index (κ3) is 6.77. The molecule has 2 amide bonds. The molecule has 2 aromatic carbocycles. The van der Waals surface area contributed by atoms with Gasteiger partial charge in [-0.05, 0) is 42.0 Å². The minimum absolute atomic E-state index is 0.195. The summed E-state index contributed by atoms with van der Waals surface area (Å²) in [6.45, 7) is 1.37. The van der Waals surface area contributed by atoms with Crippen LogP contribution in [0.15, 0.2) is 48.5 Å². The lowest BCUT2D eigenvalue weighted by Crippen LogP contribution is -2.42. The molecule has 0 bridgehead atoms. The maximum absolute atomic E-state index is 13.1. The van der Waals surface area contributed by atoms with Gasteiger partial charge in [0.1, 0.15) is 24.2 Å². The van der Waals surface area contributed by atoms with Crippen LogP contribution in [0.1, 0.15) is 18.9 Å². The van der Waals surface area contributed by atoms with Crippen molar-refractivity contribution in [3.63, 3.8) is 0 Å². The van der Waals surface area contributed by atoms with Gasteiger partial charge in [-0.1, -0.05) is 12.1 Å². The summed E-state index contributed by atoms with van der Waals surface area (Å²) in [5, 5.41) is 13.8. The van der Waals surface area contributed by atoms with E-state index in [1.807, 2.05) is 0 Å². The van der Waals surface area contributed by atoms with E-state index in [-0.39, 0.29) is 12.4 Å². The van der Waals surface area contributed by atoms with Crippen LogP contribution in [0, 0.1) is 5.82 Å². The number of anilines is 1. The third-order valence-corrected chi connectivity index (χ3v) is 3.50. The van der Waals surface area contributed by atoms with Crippen molar-refractivity contribution in [3.8, 4) is 5.75 Å². The quantitative estimate of drug-likeness (QED) is 0.658. The van der Waals surface area contributed by atoms with Crippen LogP contribution in [-0.2, 0) is 21.0 Å². The van der Waals surface area contributed by atoms with Crippen LogP contribution in [0.25, 0.3) is 0 Å². The number of hydrogen-bond acceptors (Lipinski definition) is 4. The number of carbonyl (C=O) groups is 3. The third-order valence-electron chi connectivity index (χ3n) is 3.50. The molecule has 1 unspecified atom stereocenters. The highest BCUT2D eigenvalue weighted by atomic mass is 19.1. The Balaban J connectivity index is 1.88. The maximum atomic E-state index is 13.1. The SMILES string of the molecule is CC(=O)NC(CC(=O)Nc1ccc(OCc2cccc(F)c2)cc1)C(=O)O. The van der Waals surface area contributed by atoms with Crippen LogP contribution in [-0.4, -0.2) is 28.9 Å². The van der Waals surface area contributed by atoms with Crippen LogP contribution in [0.3, 0.4) is 0 Å². The van der Waals surface area contributed by atoms with Gasteiger partial charge in [-0.2, -0.15) is 0 Å². The van der Waals surface area contributed by atoms with Crippen molar-refractivity contribution in [3.05, 3.63) is 59.9 Å². The Morgan fingerprint density at radius 2 is 1.85 bits per heavy atom. The van der Waals surface area contributed by atoms with E-state index in [0.717, 1.165) is 0 Å². The molecule has 27 heavy (non-hydrogen) atoms. The Bertz CT molecular complexity index is 823. The molecule has 8 heteroatoms. The Hall–Kier alpha value is -3.42. The summed E-state index contributed by atoms with van der Waals surface area (Å²) in [6.07, 6.45) is -0.396. The number of hydrogen-bond donors (Lipinski definition) is 3. The number of benzene rings is 2. The Morgan fingerprint density at radius 1 is 1.15 bits per heavy atom. The van der Waals surface area contributed by atoms with Gasteiger partial charge in [0.05, 0.1) is 6.42 Å². The fourth-order valence-electron chi connectivity index (χ4n) is 2.27. The Labute approximate surface area is 155 Å². The van der Waals surface area contributed by atoms with E-state index >= 15 is 0 Å². The highest BCUT2D eigenvalue weighted by Gasteiger charge is 2.22. The Morgan fingerprint density at radius 3 is 2.44 bits per heavy atom. The first-order chi connectivity index (χ1) is 12.8. The topological polar surface area (TPSA) is 105 Å². The van der Waals surface area contributed by atoms with Gasteiger partial charge >= 0.3 is 5.97 Å². The molecule has 0 aliphatic heterocycles. The summed E-state index contributed by atoms with van der Waals surface area (Å²) in [4.78, 5) is 34.0. The molecule has 0 radical (unpaired) electrons. The van der Waals surface area contributed by atoms with Gasteiger partial charge in [0.2, 0.25) is 11.8 Å². The van der Waals surface area contributed by atoms with Crippen molar-refractivity contribution in [2.45, 2.75) is 26.0 Å². The van der Waals surface area contributed by atoms with E-state index in [1.54, 1.807) is 36.4 Å². The average Bonchev–Trinajstić information content (AvgIpc) is 2.60. The summed E-state index contributed by atoms with van der Waals surface area (Å²) >= 11 is 0. The zero-order valence-electron chi connectivity index (χ0n) is 14.6. The fourth-order valence-corrected chi connectivity index (χ4v) is 2.27. The van der Waals surface area contributed by atoms with Crippen LogP contribution in [0.5, 0.6) is 5.75 Å². The second-order valence-electron chi connectivity index (χ2n) is 5.79. The summed E-state index contributed by atoms with van der Waals surface area (Å²) in [5.41, 5.74) is 1.13. The van der Waals surface area contributed by atoms with E-state index in [2.05, 4.69) is 10.6 Å². The number of nitrogens with one attached hydrogen (secondary N) is 2. The molecule has 0 spiro atoms. The number of rotatable bonds is 8. The van der Waals surface area contributed by atoms with E-state index < -0.39 is 30.2 Å². The zero-order valence-corrected chi connectivity index (χ0v) is 14.6. The zero-order chi connectivity index (χ0) is 19.8. The van der Waals surface area contributed by atoms with Gasteiger partial charge in [0.25, 0.3) is 0 Å².